The summed E-state index contributed by atoms with van der Waals surface area (Å²) in [5.41, 5.74) is 0.614. The fourth-order valence-electron chi connectivity index (χ4n) is 2.67. The van der Waals surface area contributed by atoms with E-state index in [1.54, 1.807) is 6.92 Å². The molecule has 0 spiro atoms. The summed E-state index contributed by atoms with van der Waals surface area (Å²) in [4.78, 5) is 28.6. The Morgan fingerprint density at radius 3 is 2.72 bits per heavy atom. The Morgan fingerprint density at radius 2 is 2.00 bits per heavy atom. The molecular formula is C20H21FN4O4. The van der Waals surface area contributed by atoms with Gasteiger partial charge in [-0.1, -0.05) is 12.1 Å². The van der Waals surface area contributed by atoms with Crippen LogP contribution in [0, 0.1) is 12.7 Å². The second-order valence-corrected chi connectivity index (χ2v) is 6.44. The summed E-state index contributed by atoms with van der Waals surface area (Å²) in [6, 6.07) is 5.44. The molecule has 3 aromatic rings. The molecule has 2 heterocycles. The molecule has 0 bridgehead atoms. The summed E-state index contributed by atoms with van der Waals surface area (Å²) in [6.07, 6.45) is 3.43. The van der Waals surface area contributed by atoms with E-state index in [4.69, 9.17) is 8.94 Å². The van der Waals surface area contributed by atoms with Crippen molar-refractivity contribution in [3.63, 3.8) is 0 Å². The molecule has 0 aliphatic carbocycles. The Hall–Kier alpha value is -3.49. The molecule has 0 aliphatic rings. The normalized spacial score (nSPS) is 10.7. The molecule has 0 radical (unpaired) electrons. The van der Waals surface area contributed by atoms with Crippen LogP contribution in [0.25, 0.3) is 0 Å². The zero-order valence-corrected chi connectivity index (χ0v) is 16.1. The smallest absolute Gasteiger partial charge is 0.259 e. The average Bonchev–Trinajstić information content (AvgIpc) is 3.32. The Bertz CT molecular complexity index is 1010. The molecule has 9 heteroatoms. The van der Waals surface area contributed by atoms with Crippen LogP contribution in [0.4, 0.5) is 15.8 Å². The van der Waals surface area contributed by atoms with Crippen molar-refractivity contribution in [2.45, 2.75) is 39.5 Å². The van der Waals surface area contributed by atoms with E-state index in [9.17, 15) is 14.0 Å². The van der Waals surface area contributed by atoms with Crippen LogP contribution in [0.2, 0.25) is 0 Å². The Balaban J connectivity index is 1.59. The lowest BCUT2D eigenvalue weighted by Gasteiger charge is -2.09. The van der Waals surface area contributed by atoms with E-state index in [1.807, 2.05) is 6.92 Å². The fraction of sp³-hybridized carbons (Fsp3) is 0.300. The highest BCUT2D eigenvalue weighted by Gasteiger charge is 2.15. The first-order chi connectivity index (χ1) is 14.0. The number of hydrogen-bond acceptors (Lipinski definition) is 6. The highest BCUT2D eigenvalue weighted by molar-refractivity contribution is 6.05. The summed E-state index contributed by atoms with van der Waals surface area (Å²) in [5.74, 6) is 0.0239. The van der Waals surface area contributed by atoms with Crippen LogP contribution in [-0.4, -0.2) is 22.0 Å². The van der Waals surface area contributed by atoms with Gasteiger partial charge in [0.25, 0.3) is 5.91 Å². The Labute approximate surface area is 166 Å². The van der Waals surface area contributed by atoms with Crippen LogP contribution in [-0.2, 0) is 17.6 Å². The van der Waals surface area contributed by atoms with Gasteiger partial charge in [-0.25, -0.2) is 4.39 Å². The first-order valence-electron chi connectivity index (χ1n) is 9.22. The van der Waals surface area contributed by atoms with E-state index in [-0.39, 0.29) is 18.0 Å². The first kappa shape index (κ1) is 20.2. The maximum absolute atomic E-state index is 14.1. The number of aromatic nitrogens is 2. The van der Waals surface area contributed by atoms with E-state index < -0.39 is 11.7 Å². The van der Waals surface area contributed by atoms with Gasteiger partial charge in [-0.05, 0) is 37.6 Å². The minimum absolute atomic E-state index is 0.0468. The van der Waals surface area contributed by atoms with Crippen molar-refractivity contribution < 1.29 is 22.9 Å². The fourth-order valence-corrected chi connectivity index (χ4v) is 2.67. The summed E-state index contributed by atoms with van der Waals surface area (Å²) in [6.45, 7) is 3.65. The van der Waals surface area contributed by atoms with Gasteiger partial charge in [-0.2, -0.15) is 4.98 Å². The number of halogens is 1. The van der Waals surface area contributed by atoms with Crippen LogP contribution in [0.5, 0.6) is 0 Å². The van der Waals surface area contributed by atoms with Gasteiger partial charge >= 0.3 is 0 Å². The molecule has 0 unspecified atom stereocenters. The molecule has 0 saturated heterocycles. The summed E-state index contributed by atoms with van der Waals surface area (Å²) in [7, 11) is 0. The number of carbonyl (C=O) groups is 2. The Kier molecular flexibility index (Phi) is 6.38. The van der Waals surface area contributed by atoms with Crippen LogP contribution >= 0.6 is 0 Å². The third kappa shape index (κ3) is 5.28. The number of carbonyl (C=O) groups excluding carboxylic acids is 2. The van der Waals surface area contributed by atoms with E-state index >= 15 is 0 Å². The lowest BCUT2D eigenvalue weighted by molar-refractivity contribution is -0.116. The maximum Gasteiger partial charge on any atom is 0.259 e. The van der Waals surface area contributed by atoms with Crippen molar-refractivity contribution >= 4 is 23.2 Å². The van der Waals surface area contributed by atoms with Gasteiger partial charge in [-0.3, -0.25) is 9.59 Å². The molecular weight excluding hydrogens is 379 g/mol. The summed E-state index contributed by atoms with van der Waals surface area (Å²) in [5, 5.41) is 8.98. The van der Waals surface area contributed by atoms with Gasteiger partial charge in [-0.15, -0.1) is 0 Å². The zero-order valence-electron chi connectivity index (χ0n) is 16.1. The number of nitrogens with one attached hydrogen (secondary N) is 2. The molecule has 0 atom stereocenters. The number of aryl methyl sites for hydroxylation is 3. The number of benzene rings is 1. The largest absolute Gasteiger partial charge is 0.469 e. The SMILES string of the molecule is CCCc1noc(CCC(=O)Nc2ccc(F)c(NC(=O)c3ccoc3C)c2)n1. The number of furan rings is 1. The molecule has 29 heavy (non-hydrogen) atoms. The monoisotopic (exact) mass is 400 g/mol. The molecule has 2 aromatic heterocycles. The van der Waals surface area contributed by atoms with Gasteiger partial charge in [0.15, 0.2) is 5.82 Å². The van der Waals surface area contributed by atoms with Crippen LogP contribution < -0.4 is 10.6 Å². The van der Waals surface area contributed by atoms with E-state index in [0.717, 1.165) is 12.8 Å². The molecule has 152 valence electrons. The average molecular weight is 400 g/mol. The van der Waals surface area contributed by atoms with Gasteiger partial charge in [0.05, 0.1) is 17.5 Å². The molecule has 1 aromatic carbocycles. The van der Waals surface area contributed by atoms with Crippen LogP contribution in [0.15, 0.2) is 39.5 Å². The van der Waals surface area contributed by atoms with Gasteiger partial charge < -0.3 is 19.6 Å². The van der Waals surface area contributed by atoms with Crippen LogP contribution in [0.3, 0.4) is 0 Å². The van der Waals surface area contributed by atoms with Crippen molar-refractivity contribution in [2.75, 3.05) is 10.6 Å². The molecule has 0 aliphatic heterocycles. The number of rotatable bonds is 8. The summed E-state index contributed by atoms with van der Waals surface area (Å²) < 4.78 is 24.2. The van der Waals surface area contributed by atoms with Crippen molar-refractivity contribution in [3.05, 3.63) is 59.4 Å². The van der Waals surface area contributed by atoms with Crippen molar-refractivity contribution in [2.24, 2.45) is 0 Å². The lowest BCUT2D eigenvalue weighted by Crippen LogP contribution is -2.15. The quantitative estimate of drug-likeness (QED) is 0.594. The standard InChI is InChI=1S/C20H21FN4O4/c1-3-4-17-24-19(29-25-17)8-7-18(26)22-13-5-6-15(21)16(11-13)23-20(27)14-9-10-28-12(14)2/h5-6,9-11H,3-4,7-8H2,1-2H3,(H,22,26)(H,23,27). The predicted octanol–water partition coefficient (Wildman–Crippen LogP) is 3.89. The first-order valence-corrected chi connectivity index (χ1v) is 9.22. The number of nitrogens with zero attached hydrogens (tertiary/aromatic N) is 2. The lowest BCUT2D eigenvalue weighted by atomic mass is 10.2. The second kappa shape index (κ2) is 9.13. The molecule has 2 amide bonds. The van der Waals surface area contributed by atoms with Gasteiger partial charge in [0.2, 0.25) is 11.8 Å². The topological polar surface area (TPSA) is 110 Å². The highest BCUT2D eigenvalue weighted by atomic mass is 19.1. The van der Waals surface area contributed by atoms with Crippen molar-refractivity contribution in [3.8, 4) is 0 Å². The Morgan fingerprint density at radius 1 is 1.17 bits per heavy atom. The minimum atomic E-state index is -0.619. The summed E-state index contributed by atoms with van der Waals surface area (Å²) >= 11 is 0. The highest BCUT2D eigenvalue weighted by Crippen LogP contribution is 2.21. The molecule has 2 N–H and O–H groups in total. The molecule has 3 rings (SSSR count). The number of hydrogen-bond donors (Lipinski definition) is 2. The number of anilines is 2. The second-order valence-electron chi connectivity index (χ2n) is 6.44. The van der Waals surface area contributed by atoms with Crippen molar-refractivity contribution in [1.29, 1.82) is 0 Å². The molecule has 0 fully saturated rings. The van der Waals surface area contributed by atoms with Gasteiger partial charge in [0, 0.05) is 24.9 Å². The minimum Gasteiger partial charge on any atom is -0.469 e. The predicted molar refractivity (Wildman–Crippen MR) is 103 cm³/mol. The molecule has 0 saturated carbocycles. The van der Waals surface area contributed by atoms with E-state index in [2.05, 4.69) is 20.8 Å². The third-order valence-corrected chi connectivity index (χ3v) is 4.15. The number of amides is 2. The maximum atomic E-state index is 14.1. The van der Waals surface area contributed by atoms with E-state index in [0.29, 0.717) is 35.1 Å². The van der Waals surface area contributed by atoms with Crippen molar-refractivity contribution in [1.82, 2.24) is 10.1 Å². The van der Waals surface area contributed by atoms with Gasteiger partial charge in [0.1, 0.15) is 11.6 Å². The van der Waals surface area contributed by atoms with Crippen LogP contribution in [0.1, 0.15) is 47.6 Å². The van der Waals surface area contributed by atoms with E-state index in [1.165, 1.54) is 30.5 Å². The third-order valence-electron chi connectivity index (χ3n) is 4.15. The zero-order chi connectivity index (χ0) is 20.8. The molecule has 8 nitrogen and oxygen atoms in total.